The van der Waals surface area contributed by atoms with Crippen LogP contribution in [0, 0.1) is 11.5 Å². The lowest BCUT2D eigenvalue weighted by Crippen LogP contribution is -2.39. The van der Waals surface area contributed by atoms with Crippen molar-refractivity contribution in [3.63, 3.8) is 0 Å². The Morgan fingerprint density at radius 2 is 1.90 bits per heavy atom. The first kappa shape index (κ1) is 16.2. The Morgan fingerprint density at radius 3 is 2.40 bits per heavy atom. The van der Waals surface area contributed by atoms with Crippen molar-refractivity contribution in [2.24, 2.45) is 0 Å². The van der Waals surface area contributed by atoms with Crippen LogP contribution in [0.5, 0.6) is 0 Å². The number of hydrogen-bond donors (Lipinski definition) is 0. The fourth-order valence-electron chi connectivity index (χ4n) is 1.71. The fraction of sp³-hybridized carbons (Fsp3) is 0.615. The number of rotatable bonds is 3. The Kier molecular flexibility index (Phi) is 5.68. The molecule has 1 saturated heterocycles. The van der Waals surface area contributed by atoms with Crippen LogP contribution in [-0.4, -0.2) is 55.0 Å². The molecule has 1 aliphatic rings. The summed E-state index contributed by atoms with van der Waals surface area (Å²) in [5, 5.41) is 0. The zero-order valence-corrected chi connectivity index (χ0v) is 13.1. The second-order valence-corrected chi connectivity index (χ2v) is 10.3. The molecule has 1 rings (SSSR count). The average molecular weight is 293 g/mol. The number of nitrogens with zero attached hydrogens (tertiary/aromatic N) is 3. The van der Waals surface area contributed by atoms with Gasteiger partial charge in [-0.15, -0.1) is 5.54 Å². The first-order valence-corrected chi connectivity index (χ1v) is 10.0. The van der Waals surface area contributed by atoms with Gasteiger partial charge in [0.05, 0.1) is 0 Å². The van der Waals surface area contributed by atoms with Crippen molar-refractivity contribution >= 4 is 25.7 Å². The van der Waals surface area contributed by atoms with Crippen molar-refractivity contribution in [2.75, 3.05) is 19.7 Å². The maximum Gasteiger partial charge on any atom is 0.463 e. The van der Waals surface area contributed by atoms with Gasteiger partial charge in [-0.05, 0) is 12.8 Å². The summed E-state index contributed by atoms with van der Waals surface area (Å²) in [6.45, 7) is 7.24. The molecular formula is C13H19N3O3Si. The van der Waals surface area contributed by atoms with E-state index in [4.69, 9.17) is 10.3 Å². The summed E-state index contributed by atoms with van der Waals surface area (Å²) in [6.07, 6.45) is 1.78. The SMILES string of the molecule is C[Si](C)(C)C#CCOC(=O)C(=[N+]=[N-])C(=O)N1CCCC1. The zero-order valence-electron chi connectivity index (χ0n) is 12.1. The van der Waals surface area contributed by atoms with Crippen LogP contribution in [-0.2, 0) is 14.3 Å². The second kappa shape index (κ2) is 7.03. The molecule has 0 radical (unpaired) electrons. The second-order valence-electron chi connectivity index (χ2n) is 5.58. The third-order valence-corrected chi connectivity index (χ3v) is 3.55. The van der Waals surface area contributed by atoms with E-state index < -0.39 is 25.7 Å². The molecule has 1 fully saturated rings. The molecule has 1 amide bonds. The number of hydrogen-bond acceptors (Lipinski definition) is 3. The molecular weight excluding hydrogens is 274 g/mol. The van der Waals surface area contributed by atoms with Gasteiger partial charge in [-0.3, -0.25) is 4.79 Å². The van der Waals surface area contributed by atoms with Crippen LogP contribution in [0.4, 0.5) is 0 Å². The average Bonchev–Trinajstić information content (AvgIpc) is 2.88. The summed E-state index contributed by atoms with van der Waals surface area (Å²) in [5.74, 6) is 1.23. The van der Waals surface area contributed by atoms with Crippen LogP contribution in [0.15, 0.2) is 0 Å². The molecule has 108 valence electrons. The molecule has 0 aromatic heterocycles. The molecule has 20 heavy (non-hydrogen) atoms. The monoisotopic (exact) mass is 293 g/mol. The Labute approximate surface area is 119 Å². The van der Waals surface area contributed by atoms with Crippen molar-refractivity contribution in [1.29, 1.82) is 0 Å². The van der Waals surface area contributed by atoms with E-state index in [0.717, 1.165) is 12.8 Å². The van der Waals surface area contributed by atoms with E-state index in [2.05, 4.69) is 35.9 Å². The predicted octanol–water partition coefficient (Wildman–Crippen LogP) is 0.704. The van der Waals surface area contributed by atoms with E-state index in [9.17, 15) is 9.59 Å². The minimum absolute atomic E-state index is 0.102. The normalized spacial score (nSPS) is 14.1. The summed E-state index contributed by atoms with van der Waals surface area (Å²) in [4.78, 5) is 27.8. The third kappa shape index (κ3) is 5.00. The van der Waals surface area contributed by atoms with Crippen LogP contribution in [0.2, 0.25) is 19.6 Å². The molecule has 0 unspecified atom stereocenters. The van der Waals surface area contributed by atoms with Gasteiger partial charge in [-0.1, -0.05) is 25.6 Å². The highest BCUT2D eigenvalue weighted by atomic mass is 28.3. The van der Waals surface area contributed by atoms with E-state index in [1.807, 2.05) is 0 Å². The van der Waals surface area contributed by atoms with Crippen LogP contribution < -0.4 is 0 Å². The summed E-state index contributed by atoms with van der Waals surface area (Å²) >= 11 is 0. The third-order valence-electron chi connectivity index (χ3n) is 2.63. The first-order valence-electron chi connectivity index (χ1n) is 6.53. The maximum atomic E-state index is 11.9. The minimum atomic E-state index is -1.51. The smallest absolute Gasteiger partial charge is 0.444 e. The van der Waals surface area contributed by atoms with E-state index in [1.165, 1.54) is 4.90 Å². The number of ether oxygens (including phenoxy) is 1. The molecule has 0 N–H and O–H groups in total. The summed E-state index contributed by atoms with van der Waals surface area (Å²) < 4.78 is 4.84. The van der Waals surface area contributed by atoms with Crippen molar-refractivity contribution in [1.82, 2.24) is 4.90 Å². The highest BCUT2D eigenvalue weighted by molar-refractivity contribution is 6.83. The number of likely N-dealkylation sites (tertiary alicyclic amines) is 1. The molecule has 1 aliphatic heterocycles. The maximum absolute atomic E-state index is 11.9. The highest BCUT2D eigenvalue weighted by Crippen LogP contribution is 2.08. The van der Waals surface area contributed by atoms with E-state index >= 15 is 0 Å². The predicted molar refractivity (Wildman–Crippen MR) is 76.5 cm³/mol. The van der Waals surface area contributed by atoms with Crippen molar-refractivity contribution in [3.05, 3.63) is 5.53 Å². The number of carbonyl (C=O) groups is 2. The lowest BCUT2D eigenvalue weighted by atomic mass is 10.3. The van der Waals surface area contributed by atoms with E-state index in [0.29, 0.717) is 13.1 Å². The molecule has 0 spiro atoms. The fourth-order valence-corrected chi connectivity index (χ4v) is 2.31. The Morgan fingerprint density at radius 1 is 1.30 bits per heavy atom. The first-order chi connectivity index (χ1) is 9.35. The Balaban J connectivity index is 2.57. The van der Waals surface area contributed by atoms with Gasteiger partial charge in [-0.25, -0.2) is 4.79 Å². The van der Waals surface area contributed by atoms with Gasteiger partial charge in [-0.2, -0.15) is 4.79 Å². The van der Waals surface area contributed by atoms with Gasteiger partial charge >= 0.3 is 17.6 Å². The van der Waals surface area contributed by atoms with Gasteiger partial charge in [0.2, 0.25) is 0 Å². The van der Waals surface area contributed by atoms with E-state index in [1.54, 1.807) is 0 Å². The number of carbonyl (C=O) groups excluding carboxylic acids is 2. The molecule has 0 aliphatic carbocycles. The topological polar surface area (TPSA) is 83.0 Å². The van der Waals surface area contributed by atoms with Crippen molar-refractivity contribution in [2.45, 2.75) is 32.5 Å². The summed E-state index contributed by atoms with van der Waals surface area (Å²) in [5.41, 5.74) is 11.3. The van der Waals surface area contributed by atoms with Gasteiger partial charge in [0.1, 0.15) is 8.07 Å². The zero-order chi connectivity index (χ0) is 15.2. The van der Waals surface area contributed by atoms with Crippen molar-refractivity contribution in [3.8, 4) is 11.5 Å². The highest BCUT2D eigenvalue weighted by Gasteiger charge is 2.36. The van der Waals surface area contributed by atoms with Gasteiger partial charge in [0, 0.05) is 13.1 Å². The molecule has 0 atom stereocenters. The van der Waals surface area contributed by atoms with Crippen LogP contribution in [0.1, 0.15) is 12.8 Å². The number of esters is 1. The number of amides is 1. The molecule has 1 heterocycles. The van der Waals surface area contributed by atoms with E-state index in [-0.39, 0.29) is 6.61 Å². The molecule has 6 nitrogen and oxygen atoms in total. The Bertz CT molecular complexity index is 501. The van der Waals surface area contributed by atoms with Crippen LogP contribution in [0.3, 0.4) is 0 Å². The van der Waals surface area contributed by atoms with Crippen LogP contribution >= 0.6 is 0 Å². The standard InChI is InChI=1S/C13H19N3O3Si/c1-20(2,3)10-6-9-19-13(18)11(15-14)12(17)16-7-4-5-8-16/h4-5,7-9H2,1-3H3. The van der Waals surface area contributed by atoms with Gasteiger partial charge in [0.15, 0.2) is 6.61 Å². The molecule has 0 aromatic rings. The Hall–Kier alpha value is -1.90. The van der Waals surface area contributed by atoms with Crippen LogP contribution in [0.25, 0.3) is 5.53 Å². The molecule has 0 bridgehead atoms. The molecule has 0 aromatic carbocycles. The van der Waals surface area contributed by atoms with Gasteiger partial charge in [0.25, 0.3) is 0 Å². The lowest BCUT2D eigenvalue weighted by Gasteiger charge is -2.10. The van der Waals surface area contributed by atoms with Gasteiger partial charge < -0.3 is 15.2 Å². The minimum Gasteiger partial charge on any atom is -0.444 e. The summed E-state index contributed by atoms with van der Waals surface area (Å²) in [6, 6.07) is 0. The molecule has 0 saturated carbocycles. The molecule has 7 heteroatoms. The lowest BCUT2D eigenvalue weighted by molar-refractivity contribution is -0.143. The summed E-state index contributed by atoms with van der Waals surface area (Å²) in [7, 11) is -1.51. The van der Waals surface area contributed by atoms with Crippen molar-refractivity contribution < 1.29 is 19.1 Å². The largest absolute Gasteiger partial charge is 0.463 e. The quantitative estimate of drug-likeness (QED) is 0.146.